The number of amides is 2. The third kappa shape index (κ3) is 3.69. The van der Waals surface area contributed by atoms with Crippen LogP contribution in [-0.4, -0.2) is 42.8 Å². The summed E-state index contributed by atoms with van der Waals surface area (Å²) in [6.45, 7) is 4.69. The zero-order valence-corrected chi connectivity index (χ0v) is 14.3. The van der Waals surface area contributed by atoms with E-state index in [2.05, 4.69) is 12.2 Å². The number of benzene rings is 1. The molecule has 0 saturated heterocycles. The first-order valence-corrected chi connectivity index (χ1v) is 7.99. The minimum Gasteiger partial charge on any atom is -0.496 e. The Morgan fingerprint density at radius 2 is 2.04 bits per heavy atom. The molecule has 2 rings (SSSR count). The van der Waals surface area contributed by atoms with E-state index in [1.807, 2.05) is 6.92 Å². The van der Waals surface area contributed by atoms with Gasteiger partial charge in [0.2, 0.25) is 0 Å². The molecule has 2 N–H and O–H groups in total. The lowest BCUT2D eigenvalue weighted by atomic mass is 9.95. The van der Waals surface area contributed by atoms with Crippen LogP contribution in [0.1, 0.15) is 43.9 Å². The standard InChI is InChI=1S/C17H26N2O4/c1-5-6-11(2)18-17(21)19-9-12-14(22-3)7-8-15(23-4)16(12)13(20)10-19/h7-8,11,13,20H,5-6,9-10H2,1-4H3,(H,18,21). The van der Waals surface area contributed by atoms with Gasteiger partial charge in [0, 0.05) is 17.2 Å². The maximum Gasteiger partial charge on any atom is 0.318 e. The van der Waals surface area contributed by atoms with Crippen molar-refractivity contribution in [3.63, 3.8) is 0 Å². The van der Waals surface area contributed by atoms with Crippen LogP contribution in [0.3, 0.4) is 0 Å². The number of fused-ring (bicyclic) bond motifs is 1. The van der Waals surface area contributed by atoms with Crippen LogP contribution in [0.5, 0.6) is 11.5 Å². The van der Waals surface area contributed by atoms with Gasteiger partial charge in [-0.3, -0.25) is 0 Å². The normalized spacial score (nSPS) is 18.1. The monoisotopic (exact) mass is 322 g/mol. The molecule has 0 radical (unpaired) electrons. The molecule has 0 aromatic heterocycles. The number of nitrogens with zero attached hydrogens (tertiary/aromatic N) is 1. The number of aliphatic hydroxyl groups excluding tert-OH is 1. The molecule has 0 spiro atoms. The molecule has 128 valence electrons. The number of methoxy groups -OCH3 is 2. The average Bonchev–Trinajstić information content (AvgIpc) is 2.53. The summed E-state index contributed by atoms with van der Waals surface area (Å²) in [5.41, 5.74) is 1.50. The molecule has 0 fully saturated rings. The lowest BCUT2D eigenvalue weighted by Gasteiger charge is -2.34. The fourth-order valence-corrected chi connectivity index (χ4v) is 3.04. The molecule has 2 unspecified atom stereocenters. The largest absolute Gasteiger partial charge is 0.496 e. The lowest BCUT2D eigenvalue weighted by Crippen LogP contribution is -2.47. The van der Waals surface area contributed by atoms with Crippen LogP contribution in [0.2, 0.25) is 0 Å². The van der Waals surface area contributed by atoms with Gasteiger partial charge in [-0.05, 0) is 25.5 Å². The van der Waals surface area contributed by atoms with Gasteiger partial charge >= 0.3 is 6.03 Å². The predicted octanol–water partition coefficient (Wildman–Crippen LogP) is 2.45. The van der Waals surface area contributed by atoms with Crippen LogP contribution >= 0.6 is 0 Å². The second-order valence-corrected chi connectivity index (χ2v) is 5.90. The van der Waals surface area contributed by atoms with E-state index in [4.69, 9.17) is 9.47 Å². The van der Waals surface area contributed by atoms with Gasteiger partial charge in [0.25, 0.3) is 0 Å². The molecule has 6 nitrogen and oxygen atoms in total. The summed E-state index contributed by atoms with van der Waals surface area (Å²) in [6.07, 6.45) is 1.14. The van der Waals surface area contributed by atoms with E-state index in [0.717, 1.165) is 18.4 Å². The molecule has 0 bridgehead atoms. The summed E-state index contributed by atoms with van der Waals surface area (Å²) in [4.78, 5) is 14.0. The van der Waals surface area contributed by atoms with Crippen LogP contribution in [0, 0.1) is 0 Å². The second-order valence-electron chi connectivity index (χ2n) is 5.90. The van der Waals surface area contributed by atoms with Crippen molar-refractivity contribution in [2.24, 2.45) is 0 Å². The molecule has 0 saturated carbocycles. The minimum atomic E-state index is -0.795. The van der Waals surface area contributed by atoms with Gasteiger partial charge < -0.3 is 24.8 Å². The highest BCUT2D eigenvalue weighted by molar-refractivity contribution is 5.75. The first-order chi connectivity index (χ1) is 11.0. The highest BCUT2D eigenvalue weighted by Crippen LogP contribution is 2.39. The van der Waals surface area contributed by atoms with Crippen LogP contribution in [0.25, 0.3) is 0 Å². The molecular formula is C17H26N2O4. The maximum absolute atomic E-state index is 12.4. The smallest absolute Gasteiger partial charge is 0.318 e. The Hall–Kier alpha value is -1.95. The third-order valence-electron chi connectivity index (χ3n) is 4.17. The summed E-state index contributed by atoms with van der Waals surface area (Å²) in [7, 11) is 3.15. The van der Waals surface area contributed by atoms with E-state index in [9.17, 15) is 9.90 Å². The predicted molar refractivity (Wildman–Crippen MR) is 87.8 cm³/mol. The van der Waals surface area contributed by atoms with Crippen molar-refractivity contribution in [1.82, 2.24) is 10.2 Å². The van der Waals surface area contributed by atoms with Crippen molar-refractivity contribution in [1.29, 1.82) is 0 Å². The number of nitrogens with one attached hydrogen (secondary N) is 1. The van der Waals surface area contributed by atoms with E-state index >= 15 is 0 Å². The molecule has 2 atom stereocenters. The van der Waals surface area contributed by atoms with Gasteiger partial charge in [0.05, 0.1) is 27.3 Å². The van der Waals surface area contributed by atoms with Gasteiger partial charge in [-0.15, -0.1) is 0 Å². The number of ether oxygens (including phenoxy) is 2. The summed E-state index contributed by atoms with van der Waals surface area (Å²) in [6, 6.07) is 3.52. The van der Waals surface area contributed by atoms with E-state index in [0.29, 0.717) is 23.6 Å². The van der Waals surface area contributed by atoms with Crippen molar-refractivity contribution in [2.45, 2.75) is 45.4 Å². The second kappa shape index (κ2) is 7.55. The Morgan fingerprint density at radius 3 is 2.65 bits per heavy atom. The number of carbonyl (C=O) groups excluding carboxylic acids is 1. The number of aliphatic hydroxyl groups is 1. The summed E-state index contributed by atoms with van der Waals surface area (Å²) < 4.78 is 10.7. The van der Waals surface area contributed by atoms with Gasteiger partial charge in [0.1, 0.15) is 17.6 Å². The molecule has 6 heteroatoms. The van der Waals surface area contributed by atoms with Gasteiger partial charge in [-0.1, -0.05) is 13.3 Å². The SMILES string of the molecule is CCCC(C)NC(=O)N1Cc2c(OC)ccc(OC)c2C(O)C1. The van der Waals surface area contributed by atoms with Crippen LogP contribution < -0.4 is 14.8 Å². The maximum atomic E-state index is 12.4. The Balaban J connectivity index is 2.24. The quantitative estimate of drug-likeness (QED) is 0.873. The molecule has 0 aliphatic carbocycles. The molecular weight excluding hydrogens is 296 g/mol. The van der Waals surface area contributed by atoms with Gasteiger partial charge in [-0.25, -0.2) is 4.79 Å². The molecule has 2 amide bonds. The average molecular weight is 322 g/mol. The van der Waals surface area contributed by atoms with Crippen molar-refractivity contribution < 1.29 is 19.4 Å². The first kappa shape index (κ1) is 17.4. The van der Waals surface area contributed by atoms with Crippen LogP contribution in [0.15, 0.2) is 12.1 Å². The fraction of sp³-hybridized carbons (Fsp3) is 0.588. The van der Waals surface area contributed by atoms with Gasteiger partial charge in [-0.2, -0.15) is 0 Å². The molecule has 1 aromatic rings. The zero-order valence-electron chi connectivity index (χ0n) is 14.3. The first-order valence-electron chi connectivity index (χ1n) is 7.99. The Kier molecular flexibility index (Phi) is 5.71. The Labute approximate surface area is 137 Å². The molecule has 1 heterocycles. The molecule has 1 aliphatic heterocycles. The topological polar surface area (TPSA) is 71.0 Å². The minimum absolute atomic E-state index is 0.109. The van der Waals surface area contributed by atoms with Crippen LogP contribution in [-0.2, 0) is 6.54 Å². The lowest BCUT2D eigenvalue weighted by molar-refractivity contribution is 0.0995. The number of β-amino-alcohol motifs (C(OH)–C–C–N with tert-alkyl or cyclic N) is 1. The van der Waals surface area contributed by atoms with Crippen molar-refractivity contribution in [2.75, 3.05) is 20.8 Å². The number of hydrogen-bond donors (Lipinski definition) is 2. The van der Waals surface area contributed by atoms with Gasteiger partial charge in [0.15, 0.2) is 0 Å². The summed E-state index contributed by atoms with van der Waals surface area (Å²) in [5.74, 6) is 1.27. The third-order valence-corrected chi connectivity index (χ3v) is 4.17. The molecule has 1 aromatic carbocycles. The summed E-state index contributed by atoms with van der Waals surface area (Å²) >= 11 is 0. The Bertz CT molecular complexity index is 562. The number of rotatable bonds is 5. The van der Waals surface area contributed by atoms with E-state index in [-0.39, 0.29) is 18.6 Å². The molecule has 23 heavy (non-hydrogen) atoms. The van der Waals surface area contributed by atoms with E-state index in [1.54, 1.807) is 31.3 Å². The van der Waals surface area contributed by atoms with Crippen LogP contribution in [0.4, 0.5) is 4.79 Å². The van der Waals surface area contributed by atoms with E-state index in [1.165, 1.54) is 0 Å². The number of urea groups is 1. The zero-order chi connectivity index (χ0) is 17.0. The Morgan fingerprint density at radius 1 is 1.39 bits per heavy atom. The highest BCUT2D eigenvalue weighted by Gasteiger charge is 2.32. The number of hydrogen-bond acceptors (Lipinski definition) is 4. The molecule has 1 aliphatic rings. The fourth-order valence-electron chi connectivity index (χ4n) is 3.04. The van der Waals surface area contributed by atoms with Crippen molar-refractivity contribution >= 4 is 6.03 Å². The van der Waals surface area contributed by atoms with Crippen molar-refractivity contribution in [3.05, 3.63) is 23.3 Å². The summed E-state index contributed by atoms with van der Waals surface area (Å²) in [5, 5.41) is 13.5. The number of carbonyl (C=O) groups is 1. The van der Waals surface area contributed by atoms with E-state index < -0.39 is 6.10 Å². The highest BCUT2D eigenvalue weighted by atomic mass is 16.5. The van der Waals surface area contributed by atoms with Crippen molar-refractivity contribution in [3.8, 4) is 11.5 Å².